The highest BCUT2D eigenvalue weighted by Gasteiger charge is 2.36. The van der Waals surface area contributed by atoms with Crippen molar-refractivity contribution in [3.63, 3.8) is 0 Å². The van der Waals surface area contributed by atoms with Gasteiger partial charge in [-0.25, -0.2) is 8.42 Å². The van der Waals surface area contributed by atoms with Crippen molar-refractivity contribution in [2.24, 2.45) is 11.7 Å². The largest absolute Gasteiger partial charge is 0.339 e. The van der Waals surface area contributed by atoms with Crippen LogP contribution in [0.25, 0.3) is 0 Å². The molecule has 1 aliphatic carbocycles. The van der Waals surface area contributed by atoms with Crippen molar-refractivity contribution in [2.45, 2.75) is 44.7 Å². The highest BCUT2D eigenvalue weighted by Crippen LogP contribution is 2.33. The monoisotopic (exact) mass is 274 g/mol. The van der Waals surface area contributed by atoms with Gasteiger partial charge in [0, 0.05) is 25.0 Å². The van der Waals surface area contributed by atoms with E-state index in [0.29, 0.717) is 25.3 Å². The van der Waals surface area contributed by atoms with Crippen LogP contribution in [0.5, 0.6) is 0 Å². The summed E-state index contributed by atoms with van der Waals surface area (Å²) in [4.78, 5) is 13.9. The molecule has 18 heavy (non-hydrogen) atoms. The number of rotatable bonds is 5. The number of sulfone groups is 1. The van der Waals surface area contributed by atoms with Gasteiger partial charge >= 0.3 is 0 Å². The van der Waals surface area contributed by atoms with Gasteiger partial charge in [0.2, 0.25) is 5.91 Å². The van der Waals surface area contributed by atoms with Gasteiger partial charge in [-0.15, -0.1) is 0 Å². The van der Waals surface area contributed by atoms with E-state index in [1.165, 1.54) is 0 Å². The van der Waals surface area contributed by atoms with Crippen LogP contribution in [0, 0.1) is 5.92 Å². The van der Waals surface area contributed by atoms with Gasteiger partial charge in [0.15, 0.2) is 9.84 Å². The van der Waals surface area contributed by atoms with E-state index in [1.54, 1.807) is 4.90 Å². The Balaban J connectivity index is 1.93. The van der Waals surface area contributed by atoms with Crippen molar-refractivity contribution in [3.05, 3.63) is 0 Å². The Bertz CT molecular complexity index is 417. The minimum atomic E-state index is -2.94. The second-order valence-corrected chi connectivity index (χ2v) is 7.67. The first-order valence-electron chi connectivity index (χ1n) is 6.68. The zero-order valence-corrected chi connectivity index (χ0v) is 11.7. The molecule has 0 aromatic carbocycles. The molecular formula is C12H22N2O3S. The zero-order valence-electron chi connectivity index (χ0n) is 10.8. The lowest BCUT2D eigenvalue weighted by Gasteiger charge is -2.28. The van der Waals surface area contributed by atoms with Gasteiger partial charge in [-0.1, -0.05) is 0 Å². The summed E-state index contributed by atoms with van der Waals surface area (Å²) >= 11 is 0. The van der Waals surface area contributed by atoms with Gasteiger partial charge in [0.1, 0.15) is 0 Å². The van der Waals surface area contributed by atoms with Crippen molar-refractivity contribution >= 4 is 15.7 Å². The summed E-state index contributed by atoms with van der Waals surface area (Å²) in [6.45, 7) is 2.46. The lowest BCUT2D eigenvalue weighted by Crippen LogP contribution is -2.43. The third-order valence-corrected chi connectivity index (χ3v) is 5.70. The smallest absolute Gasteiger partial charge is 0.224 e. The van der Waals surface area contributed by atoms with Crippen molar-refractivity contribution < 1.29 is 13.2 Å². The average Bonchev–Trinajstić information content (AvgIpc) is 3.05. The minimum absolute atomic E-state index is 0.0130. The fraction of sp³-hybridized carbons (Fsp3) is 0.917. The number of carbonyl (C=O) groups is 1. The Labute approximate surface area is 109 Å². The Kier molecular flexibility index (Phi) is 3.96. The van der Waals surface area contributed by atoms with E-state index in [1.807, 2.05) is 6.92 Å². The average molecular weight is 274 g/mol. The first-order valence-corrected chi connectivity index (χ1v) is 8.50. The van der Waals surface area contributed by atoms with Crippen LogP contribution in [0.1, 0.15) is 32.6 Å². The van der Waals surface area contributed by atoms with E-state index in [-0.39, 0.29) is 29.5 Å². The Morgan fingerprint density at radius 1 is 1.39 bits per heavy atom. The van der Waals surface area contributed by atoms with Crippen LogP contribution in [0.2, 0.25) is 0 Å². The second-order valence-electron chi connectivity index (χ2n) is 5.44. The van der Waals surface area contributed by atoms with E-state index in [4.69, 9.17) is 5.73 Å². The van der Waals surface area contributed by atoms with Crippen molar-refractivity contribution in [1.29, 1.82) is 0 Å². The van der Waals surface area contributed by atoms with Crippen LogP contribution in [-0.2, 0) is 14.6 Å². The fourth-order valence-corrected chi connectivity index (χ4v) is 4.40. The molecule has 2 rings (SSSR count). The third kappa shape index (κ3) is 3.23. The first-order chi connectivity index (χ1) is 8.43. The van der Waals surface area contributed by atoms with Crippen molar-refractivity contribution in [1.82, 2.24) is 4.90 Å². The summed E-state index contributed by atoms with van der Waals surface area (Å²) in [6, 6.07) is -0.191. The molecule has 0 aromatic rings. The van der Waals surface area contributed by atoms with E-state index >= 15 is 0 Å². The number of hydrogen-bond acceptors (Lipinski definition) is 4. The molecule has 2 fully saturated rings. The molecule has 0 aromatic heterocycles. The SMILES string of the molecule is CCN(C(=O)CC(N)C1CC1)C1CCS(=O)(=O)C1. The predicted molar refractivity (Wildman–Crippen MR) is 69.8 cm³/mol. The molecule has 1 saturated carbocycles. The van der Waals surface area contributed by atoms with E-state index in [0.717, 1.165) is 12.8 Å². The number of amides is 1. The highest BCUT2D eigenvalue weighted by atomic mass is 32.2. The molecule has 1 heterocycles. The Morgan fingerprint density at radius 3 is 2.50 bits per heavy atom. The molecule has 2 N–H and O–H groups in total. The van der Waals surface area contributed by atoms with E-state index < -0.39 is 9.84 Å². The quantitative estimate of drug-likeness (QED) is 0.774. The molecule has 0 spiro atoms. The normalized spacial score (nSPS) is 28.0. The van der Waals surface area contributed by atoms with Crippen LogP contribution < -0.4 is 5.73 Å². The first kappa shape index (κ1) is 13.8. The summed E-state index contributed by atoms with van der Waals surface area (Å²) in [5.74, 6) is 0.834. The second kappa shape index (κ2) is 5.17. The lowest BCUT2D eigenvalue weighted by molar-refractivity contribution is -0.133. The molecule has 0 bridgehead atoms. The zero-order chi connectivity index (χ0) is 13.3. The highest BCUT2D eigenvalue weighted by molar-refractivity contribution is 7.91. The van der Waals surface area contributed by atoms with Gasteiger partial charge in [-0.05, 0) is 32.1 Å². The lowest BCUT2D eigenvalue weighted by atomic mass is 10.1. The number of nitrogens with zero attached hydrogens (tertiary/aromatic N) is 1. The maximum atomic E-state index is 12.2. The summed E-state index contributed by atoms with van der Waals surface area (Å²) in [5.41, 5.74) is 5.96. The maximum Gasteiger partial charge on any atom is 0.224 e. The number of nitrogens with two attached hydrogens (primary N) is 1. The minimum Gasteiger partial charge on any atom is -0.339 e. The number of hydrogen-bond donors (Lipinski definition) is 1. The maximum absolute atomic E-state index is 12.2. The van der Waals surface area contributed by atoms with Crippen molar-refractivity contribution in [3.8, 4) is 0 Å². The van der Waals surface area contributed by atoms with Crippen LogP contribution in [0.4, 0.5) is 0 Å². The van der Waals surface area contributed by atoms with Crippen molar-refractivity contribution in [2.75, 3.05) is 18.1 Å². The standard InChI is InChI=1S/C12H22N2O3S/c1-2-14(10-5-6-18(16,17)8-10)12(15)7-11(13)9-3-4-9/h9-11H,2-8,13H2,1H3. The predicted octanol–water partition coefficient (Wildman–Crippen LogP) is 0.149. The summed E-state index contributed by atoms with van der Waals surface area (Å²) in [5, 5.41) is 0. The van der Waals surface area contributed by atoms with Crippen LogP contribution in [0.3, 0.4) is 0 Å². The molecule has 2 unspecified atom stereocenters. The molecule has 1 aliphatic heterocycles. The topological polar surface area (TPSA) is 80.5 Å². The van der Waals surface area contributed by atoms with Crippen LogP contribution in [-0.4, -0.2) is 49.4 Å². The Hall–Kier alpha value is -0.620. The molecule has 2 atom stereocenters. The van der Waals surface area contributed by atoms with Crippen LogP contribution >= 0.6 is 0 Å². The number of carbonyl (C=O) groups excluding carboxylic acids is 1. The molecule has 5 nitrogen and oxygen atoms in total. The van der Waals surface area contributed by atoms with E-state index in [9.17, 15) is 13.2 Å². The molecule has 1 amide bonds. The van der Waals surface area contributed by atoms with Gasteiger partial charge in [-0.2, -0.15) is 0 Å². The van der Waals surface area contributed by atoms with Gasteiger partial charge in [0.25, 0.3) is 0 Å². The molecule has 104 valence electrons. The summed E-state index contributed by atoms with van der Waals surface area (Å²) in [6.07, 6.45) is 3.17. The molecule has 1 saturated heterocycles. The van der Waals surface area contributed by atoms with Crippen LogP contribution in [0.15, 0.2) is 0 Å². The summed E-state index contributed by atoms with van der Waals surface area (Å²) < 4.78 is 22.9. The van der Waals surface area contributed by atoms with Gasteiger partial charge in [-0.3, -0.25) is 4.79 Å². The summed E-state index contributed by atoms with van der Waals surface area (Å²) in [7, 11) is -2.94. The molecular weight excluding hydrogens is 252 g/mol. The molecule has 6 heteroatoms. The molecule has 0 radical (unpaired) electrons. The van der Waals surface area contributed by atoms with E-state index in [2.05, 4.69) is 0 Å². The molecule has 2 aliphatic rings. The third-order valence-electron chi connectivity index (χ3n) is 3.95. The fourth-order valence-electron chi connectivity index (χ4n) is 2.67. The van der Waals surface area contributed by atoms with Gasteiger partial charge in [0.05, 0.1) is 11.5 Å². The Morgan fingerprint density at radius 2 is 2.06 bits per heavy atom. The van der Waals surface area contributed by atoms with Gasteiger partial charge < -0.3 is 10.6 Å².